The fourth-order valence-corrected chi connectivity index (χ4v) is 4.69. The molecule has 0 aliphatic carbocycles. The summed E-state index contributed by atoms with van der Waals surface area (Å²) in [4.78, 5) is 34.5. The lowest BCUT2D eigenvalue weighted by atomic mass is 10.0. The van der Waals surface area contributed by atoms with Crippen molar-refractivity contribution in [1.29, 1.82) is 0 Å². The van der Waals surface area contributed by atoms with Crippen LogP contribution in [-0.2, 0) is 19.1 Å². The molecule has 0 aromatic carbocycles. The van der Waals surface area contributed by atoms with Crippen LogP contribution in [0.2, 0.25) is 0 Å². The molecule has 0 aromatic heterocycles. The molecule has 1 amide bonds. The van der Waals surface area contributed by atoms with Gasteiger partial charge in [0.15, 0.2) is 0 Å². The maximum absolute atomic E-state index is 12.4. The van der Waals surface area contributed by atoms with Crippen LogP contribution in [0.5, 0.6) is 0 Å². The maximum atomic E-state index is 12.4. The standard InChI is InChI=1S/C31H59NO5/c1-3-5-7-9-10-11-12-13-14-15-16-17-22-26-31(36)37-28(23-19-8-6-4-2)24-20-18-21-25-29(33)32-27-30(34)35/h28H,3-27H2,1-2H3,(H,32,33)(H,34,35). The van der Waals surface area contributed by atoms with Crippen LogP contribution in [0.1, 0.15) is 168 Å². The Hall–Kier alpha value is -1.59. The van der Waals surface area contributed by atoms with Gasteiger partial charge in [0, 0.05) is 12.8 Å². The van der Waals surface area contributed by atoms with Crippen molar-refractivity contribution in [2.75, 3.05) is 6.54 Å². The van der Waals surface area contributed by atoms with Crippen LogP contribution < -0.4 is 5.32 Å². The zero-order valence-electron chi connectivity index (χ0n) is 24.3. The van der Waals surface area contributed by atoms with Gasteiger partial charge in [-0.05, 0) is 38.5 Å². The molecule has 1 unspecified atom stereocenters. The number of rotatable bonds is 28. The molecule has 218 valence electrons. The predicted molar refractivity (Wildman–Crippen MR) is 153 cm³/mol. The van der Waals surface area contributed by atoms with Gasteiger partial charge in [0.1, 0.15) is 12.6 Å². The lowest BCUT2D eigenvalue weighted by Gasteiger charge is -2.18. The Morgan fingerprint density at radius 1 is 0.595 bits per heavy atom. The number of nitrogens with one attached hydrogen (secondary N) is 1. The summed E-state index contributed by atoms with van der Waals surface area (Å²) in [6.07, 6.45) is 26.6. The number of carbonyl (C=O) groups excluding carboxylic acids is 2. The van der Waals surface area contributed by atoms with E-state index in [0.29, 0.717) is 12.8 Å². The SMILES string of the molecule is CCCCCCCCCCCCCCCC(=O)OC(CCCCCC)CCCCCC(=O)NCC(=O)O. The van der Waals surface area contributed by atoms with Crippen LogP contribution in [0, 0.1) is 0 Å². The quantitative estimate of drug-likeness (QED) is 0.0789. The molecule has 0 bridgehead atoms. The van der Waals surface area contributed by atoms with E-state index < -0.39 is 5.97 Å². The minimum Gasteiger partial charge on any atom is -0.480 e. The lowest BCUT2D eigenvalue weighted by molar-refractivity contribution is -0.150. The van der Waals surface area contributed by atoms with E-state index in [9.17, 15) is 14.4 Å². The molecule has 0 rings (SSSR count). The van der Waals surface area contributed by atoms with E-state index >= 15 is 0 Å². The molecule has 0 heterocycles. The minimum absolute atomic E-state index is 0.0211. The molecule has 0 spiro atoms. The first-order chi connectivity index (χ1) is 18.0. The van der Waals surface area contributed by atoms with E-state index in [1.54, 1.807) is 0 Å². The smallest absolute Gasteiger partial charge is 0.322 e. The van der Waals surface area contributed by atoms with Crippen LogP contribution >= 0.6 is 0 Å². The normalized spacial score (nSPS) is 11.8. The van der Waals surface area contributed by atoms with Crippen LogP contribution in [0.4, 0.5) is 0 Å². The van der Waals surface area contributed by atoms with Crippen molar-refractivity contribution in [3.05, 3.63) is 0 Å². The molecule has 0 aliphatic rings. The van der Waals surface area contributed by atoms with E-state index in [2.05, 4.69) is 19.2 Å². The third-order valence-electron chi connectivity index (χ3n) is 7.03. The monoisotopic (exact) mass is 525 g/mol. The fourth-order valence-electron chi connectivity index (χ4n) is 4.69. The first-order valence-corrected chi connectivity index (χ1v) is 15.7. The Balaban J connectivity index is 3.91. The largest absolute Gasteiger partial charge is 0.480 e. The Morgan fingerprint density at radius 2 is 1.00 bits per heavy atom. The number of hydrogen-bond acceptors (Lipinski definition) is 4. The van der Waals surface area contributed by atoms with Gasteiger partial charge in [0.25, 0.3) is 0 Å². The Morgan fingerprint density at radius 3 is 1.49 bits per heavy atom. The van der Waals surface area contributed by atoms with Crippen LogP contribution in [0.3, 0.4) is 0 Å². The molecule has 0 fully saturated rings. The van der Waals surface area contributed by atoms with Gasteiger partial charge in [-0.15, -0.1) is 0 Å². The van der Waals surface area contributed by atoms with Gasteiger partial charge >= 0.3 is 11.9 Å². The highest BCUT2D eigenvalue weighted by atomic mass is 16.5. The Kier molecular flexibility index (Phi) is 26.3. The van der Waals surface area contributed by atoms with Crippen molar-refractivity contribution >= 4 is 17.8 Å². The Bertz CT molecular complexity index is 552. The number of carbonyl (C=O) groups is 3. The number of hydrogen-bond donors (Lipinski definition) is 2. The summed E-state index contributed by atoms with van der Waals surface area (Å²) in [6, 6.07) is 0. The number of amides is 1. The van der Waals surface area contributed by atoms with E-state index in [1.807, 2.05) is 0 Å². The summed E-state index contributed by atoms with van der Waals surface area (Å²) in [7, 11) is 0. The molecule has 0 saturated heterocycles. The van der Waals surface area contributed by atoms with E-state index in [1.165, 1.54) is 89.9 Å². The second-order valence-electron chi connectivity index (χ2n) is 10.7. The zero-order chi connectivity index (χ0) is 27.4. The first kappa shape index (κ1) is 35.4. The average molecular weight is 526 g/mol. The van der Waals surface area contributed by atoms with Gasteiger partial charge in [-0.3, -0.25) is 14.4 Å². The molecular weight excluding hydrogens is 466 g/mol. The second kappa shape index (κ2) is 27.4. The molecular formula is C31H59NO5. The molecule has 6 heteroatoms. The van der Waals surface area contributed by atoms with Gasteiger partial charge in [-0.25, -0.2) is 0 Å². The van der Waals surface area contributed by atoms with Gasteiger partial charge < -0.3 is 15.2 Å². The molecule has 0 radical (unpaired) electrons. The highest BCUT2D eigenvalue weighted by Gasteiger charge is 2.14. The number of esters is 1. The topological polar surface area (TPSA) is 92.7 Å². The number of carboxylic acid groups (broad SMARTS) is 1. The summed E-state index contributed by atoms with van der Waals surface area (Å²) in [5.41, 5.74) is 0. The van der Waals surface area contributed by atoms with Crippen LogP contribution in [0.25, 0.3) is 0 Å². The van der Waals surface area contributed by atoms with Crippen molar-refractivity contribution in [2.24, 2.45) is 0 Å². The van der Waals surface area contributed by atoms with Crippen molar-refractivity contribution in [2.45, 2.75) is 174 Å². The molecule has 0 aromatic rings. The fraction of sp³-hybridized carbons (Fsp3) is 0.903. The van der Waals surface area contributed by atoms with E-state index in [0.717, 1.165) is 51.4 Å². The first-order valence-electron chi connectivity index (χ1n) is 15.7. The molecule has 1 atom stereocenters. The highest BCUT2D eigenvalue weighted by Crippen LogP contribution is 2.18. The highest BCUT2D eigenvalue weighted by molar-refractivity contribution is 5.80. The predicted octanol–water partition coefficient (Wildman–Crippen LogP) is 8.50. The van der Waals surface area contributed by atoms with Gasteiger partial charge in [0.2, 0.25) is 5.91 Å². The maximum Gasteiger partial charge on any atom is 0.322 e. The number of ether oxygens (including phenoxy) is 1. The summed E-state index contributed by atoms with van der Waals surface area (Å²) in [5, 5.41) is 11.0. The molecule has 0 aliphatic heterocycles. The number of unbranched alkanes of at least 4 members (excludes halogenated alkanes) is 17. The van der Waals surface area contributed by atoms with Crippen molar-refractivity contribution in [3.8, 4) is 0 Å². The number of carboxylic acids is 1. The summed E-state index contributed by atoms with van der Waals surface area (Å²) >= 11 is 0. The minimum atomic E-state index is -1.03. The van der Waals surface area contributed by atoms with Crippen LogP contribution in [-0.4, -0.2) is 35.6 Å². The molecule has 0 saturated carbocycles. The van der Waals surface area contributed by atoms with Gasteiger partial charge in [-0.2, -0.15) is 0 Å². The second-order valence-corrected chi connectivity index (χ2v) is 10.7. The van der Waals surface area contributed by atoms with Gasteiger partial charge in [0.05, 0.1) is 0 Å². The van der Waals surface area contributed by atoms with Crippen molar-refractivity contribution in [1.82, 2.24) is 5.32 Å². The lowest BCUT2D eigenvalue weighted by Crippen LogP contribution is -2.28. The average Bonchev–Trinajstić information content (AvgIpc) is 2.87. The Labute approximate surface area is 228 Å². The third kappa shape index (κ3) is 27.3. The number of aliphatic carboxylic acids is 1. The molecule has 2 N–H and O–H groups in total. The third-order valence-corrected chi connectivity index (χ3v) is 7.03. The molecule has 6 nitrogen and oxygen atoms in total. The van der Waals surface area contributed by atoms with Crippen LogP contribution in [0.15, 0.2) is 0 Å². The summed E-state index contributed by atoms with van der Waals surface area (Å²) in [6.45, 7) is 4.13. The van der Waals surface area contributed by atoms with Gasteiger partial charge in [-0.1, -0.05) is 117 Å². The summed E-state index contributed by atoms with van der Waals surface area (Å²) < 4.78 is 5.85. The van der Waals surface area contributed by atoms with Crippen molar-refractivity contribution < 1.29 is 24.2 Å². The van der Waals surface area contributed by atoms with Crippen molar-refractivity contribution in [3.63, 3.8) is 0 Å². The van der Waals surface area contributed by atoms with E-state index in [-0.39, 0.29) is 24.5 Å². The molecule has 37 heavy (non-hydrogen) atoms. The zero-order valence-corrected chi connectivity index (χ0v) is 24.3. The summed E-state index contributed by atoms with van der Waals surface area (Å²) in [5.74, 6) is -1.31. The van der Waals surface area contributed by atoms with E-state index in [4.69, 9.17) is 9.84 Å².